The van der Waals surface area contributed by atoms with Crippen molar-refractivity contribution in [3.8, 4) is 0 Å². The third-order valence-corrected chi connectivity index (χ3v) is 4.66. The predicted molar refractivity (Wildman–Crippen MR) is 83.2 cm³/mol. The second-order valence-corrected chi connectivity index (χ2v) is 6.65. The first kappa shape index (κ1) is 18.9. The second kappa shape index (κ2) is 7.20. The van der Waals surface area contributed by atoms with E-state index in [1.54, 1.807) is 0 Å². The molecule has 0 radical (unpaired) electrons. The van der Waals surface area contributed by atoms with Crippen molar-refractivity contribution in [2.45, 2.75) is 11.1 Å². The Morgan fingerprint density at radius 1 is 1.09 bits per heavy atom. The Hall–Kier alpha value is -0.454. The van der Waals surface area contributed by atoms with Crippen LogP contribution in [0, 0.1) is 0 Å². The zero-order valence-corrected chi connectivity index (χ0v) is 16.8. The molecule has 1 amide bonds. The number of carbonyl (C=O) groups excluding carboxylic acids is 1. The Morgan fingerprint density at radius 3 is 2.35 bits per heavy atom. The van der Waals surface area contributed by atoms with Gasteiger partial charge in [0.1, 0.15) is 16.2 Å². The largest absolute Gasteiger partial charge is 1.00 e. The van der Waals surface area contributed by atoms with E-state index in [1.807, 2.05) is 30.3 Å². The van der Waals surface area contributed by atoms with Gasteiger partial charge in [0.25, 0.3) is 5.91 Å². The number of benzene rings is 2. The summed E-state index contributed by atoms with van der Waals surface area (Å²) in [5.41, 5.74) is 1.42. The molecule has 114 valence electrons. The summed E-state index contributed by atoms with van der Waals surface area (Å²) < 4.78 is 22.7. The van der Waals surface area contributed by atoms with E-state index in [1.165, 1.54) is 6.07 Å². The SMILES string of the molecule is [K+].[NH-]S(=O)(=O)c1cc2c(cc1Cl)N[C@H](c1ccccc1)NC2=O. The average Bonchev–Trinajstić information content (AvgIpc) is 2.46. The number of fused-ring (bicyclic) bond motifs is 1. The Balaban J connectivity index is 0.00000192. The van der Waals surface area contributed by atoms with Crippen LogP contribution >= 0.6 is 11.6 Å². The van der Waals surface area contributed by atoms with E-state index in [0.29, 0.717) is 5.69 Å². The fourth-order valence-electron chi connectivity index (χ4n) is 2.28. The number of rotatable bonds is 2. The maximum Gasteiger partial charge on any atom is 1.00 e. The van der Waals surface area contributed by atoms with E-state index in [-0.39, 0.29) is 66.9 Å². The van der Waals surface area contributed by atoms with Crippen LogP contribution in [0.5, 0.6) is 0 Å². The number of hydrogen-bond acceptors (Lipinski definition) is 4. The Labute approximate surface area is 181 Å². The molecule has 1 heterocycles. The molecule has 0 aliphatic carbocycles. The molecule has 3 rings (SSSR count). The molecular formula is C14H11ClKN3O3S. The molecule has 0 fully saturated rings. The second-order valence-electron chi connectivity index (χ2n) is 4.79. The third-order valence-electron chi connectivity index (χ3n) is 3.31. The van der Waals surface area contributed by atoms with Gasteiger partial charge in [0.05, 0.1) is 21.2 Å². The van der Waals surface area contributed by atoms with Gasteiger partial charge in [0.2, 0.25) is 0 Å². The zero-order chi connectivity index (χ0) is 15.9. The van der Waals surface area contributed by atoms with Crippen molar-refractivity contribution >= 4 is 33.2 Å². The summed E-state index contributed by atoms with van der Waals surface area (Å²) in [6, 6.07) is 11.7. The van der Waals surface area contributed by atoms with Crippen LogP contribution in [0.15, 0.2) is 47.4 Å². The molecule has 0 aromatic heterocycles. The molecule has 23 heavy (non-hydrogen) atoms. The molecule has 0 saturated heterocycles. The number of hydrogen-bond donors (Lipinski definition) is 2. The van der Waals surface area contributed by atoms with E-state index < -0.39 is 22.1 Å². The van der Waals surface area contributed by atoms with E-state index in [0.717, 1.165) is 11.6 Å². The molecule has 0 spiro atoms. The van der Waals surface area contributed by atoms with E-state index in [9.17, 15) is 13.2 Å². The molecule has 1 atom stereocenters. The maximum atomic E-state index is 12.2. The maximum absolute atomic E-state index is 12.2. The third kappa shape index (κ3) is 3.97. The monoisotopic (exact) mass is 375 g/mol. The van der Waals surface area contributed by atoms with Crippen LogP contribution in [0.1, 0.15) is 22.1 Å². The van der Waals surface area contributed by atoms with Crippen molar-refractivity contribution in [3.05, 3.63) is 63.8 Å². The first-order valence-electron chi connectivity index (χ1n) is 6.32. The van der Waals surface area contributed by atoms with Crippen LogP contribution in [0.4, 0.5) is 5.69 Å². The van der Waals surface area contributed by atoms with Gasteiger partial charge in [-0.3, -0.25) is 4.79 Å². The number of carbonyl (C=O) groups is 1. The number of anilines is 1. The molecule has 2 aromatic carbocycles. The van der Waals surface area contributed by atoms with Crippen molar-refractivity contribution in [1.82, 2.24) is 5.32 Å². The van der Waals surface area contributed by atoms with Gasteiger partial charge in [0, 0.05) is 0 Å². The standard InChI is InChI=1S/C14H12ClN3O3S.K/c15-10-7-11-9(6-12(10)22(16,20)21)14(19)18-13(17-11)8-4-2-1-3-5-8;/h1-7,13H,(H4,16,17,18,19,20,21);/q;+1/p-1/t13-;/m0./s1. The Morgan fingerprint density at radius 2 is 1.74 bits per heavy atom. The number of halogens is 1. The van der Waals surface area contributed by atoms with Crippen molar-refractivity contribution in [1.29, 1.82) is 0 Å². The fourth-order valence-corrected chi connectivity index (χ4v) is 3.34. The van der Waals surface area contributed by atoms with E-state index in [4.69, 9.17) is 16.7 Å². The Bertz CT molecular complexity index is 859. The minimum Gasteiger partial charge on any atom is -0.560 e. The summed E-state index contributed by atoms with van der Waals surface area (Å²) in [6.07, 6.45) is -0.435. The van der Waals surface area contributed by atoms with E-state index in [2.05, 4.69) is 10.6 Å². The number of sulfonamides is 1. The molecule has 0 bridgehead atoms. The predicted octanol–water partition coefficient (Wildman–Crippen LogP) is -0.0610. The van der Waals surface area contributed by atoms with Gasteiger partial charge in [-0.15, -0.1) is 0 Å². The van der Waals surface area contributed by atoms with Crippen molar-refractivity contribution in [2.24, 2.45) is 0 Å². The van der Waals surface area contributed by atoms with Crippen LogP contribution in [-0.2, 0) is 10.0 Å². The average molecular weight is 376 g/mol. The van der Waals surface area contributed by atoms with Crippen LogP contribution in [0.25, 0.3) is 5.14 Å². The smallest absolute Gasteiger partial charge is 0.560 e. The minimum atomic E-state index is -4.25. The molecule has 9 heteroatoms. The van der Waals surface area contributed by atoms with Gasteiger partial charge >= 0.3 is 51.4 Å². The molecule has 1 aliphatic rings. The molecule has 0 saturated carbocycles. The topological polar surface area (TPSA) is 99.1 Å². The molecular weight excluding hydrogens is 365 g/mol. The van der Waals surface area contributed by atoms with E-state index >= 15 is 0 Å². The van der Waals surface area contributed by atoms with Gasteiger partial charge in [-0.2, -0.15) is 0 Å². The molecule has 2 aromatic rings. The zero-order valence-electron chi connectivity index (χ0n) is 12.1. The summed E-state index contributed by atoms with van der Waals surface area (Å²) in [6.45, 7) is 0. The van der Waals surface area contributed by atoms with Crippen LogP contribution in [0.3, 0.4) is 0 Å². The fraction of sp³-hybridized carbons (Fsp3) is 0.0714. The summed E-state index contributed by atoms with van der Waals surface area (Å²) in [5, 5.41) is 12.8. The Kier molecular flexibility index (Phi) is 5.91. The first-order valence-corrected chi connectivity index (χ1v) is 8.18. The van der Waals surface area contributed by atoms with Gasteiger partial charge in [-0.05, 0) is 17.7 Å². The quantitative estimate of drug-likeness (QED) is 0.718. The first-order chi connectivity index (χ1) is 10.4. The van der Waals surface area contributed by atoms with Crippen LogP contribution < -0.4 is 62.0 Å². The van der Waals surface area contributed by atoms with Crippen LogP contribution in [-0.4, -0.2) is 14.3 Å². The number of amides is 1. The minimum absolute atomic E-state index is 0. The summed E-state index contributed by atoms with van der Waals surface area (Å²) >= 11 is 5.92. The van der Waals surface area contributed by atoms with Crippen molar-refractivity contribution < 1.29 is 64.6 Å². The van der Waals surface area contributed by atoms with Crippen LogP contribution in [0.2, 0.25) is 5.02 Å². The number of nitrogens with one attached hydrogen (secondary N) is 3. The molecule has 6 nitrogen and oxygen atoms in total. The van der Waals surface area contributed by atoms with Crippen molar-refractivity contribution in [2.75, 3.05) is 5.32 Å². The van der Waals surface area contributed by atoms with Gasteiger partial charge in [0.15, 0.2) is 0 Å². The molecule has 3 N–H and O–H groups in total. The summed E-state index contributed by atoms with van der Waals surface area (Å²) in [7, 11) is -4.25. The van der Waals surface area contributed by atoms with Gasteiger partial charge in [-0.1, -0.05) is 41.9 Å². The van der Waals surface area contributed by atoms with Gasteiger partial charge < -0.3 is 15.8 Å². The van der Waals surface area contributed by atoms with Gasteiger partial charge in [-0.25, -0.2) is 8.42 Å². The van der Waals surface area contributed by atoms with Crippen molar-refractivity contribution in [3.63, 3.8) is 0 Å². The summed E-state index contributed by atoms with van der Waals surface area (Å²) in [5.74, 6) is -0.427. The molecule has 0 unspecified atom stereocenters. The molecule has 1 aliphatic heterocycles. The normalized spacial score (nSPS) is 16.6. The summed E-state index contributed by atoms with van der Waals surface area (Å²) in [4.78, 5) is 11.8.